The first-order valence-corrected chi connectivity index (χ1v) is 6.30. The molecule has 0 radical (unpaired) electrons. The van der Waals surface area contributed by atoms with Crippen molar-refractivity contribution in [2.24, 2.45) is 0 Å². The fraction of sp³-hybridized carbons (Fsp3) is 0.500. The highest BCUT2D eigenvalue weighted by atomic mass is 16.5. The van der Waals surface area contributed by atoms with Crippen LogP contribution in [0.2, 0.25) is 0 Å². The van der Waals surface area contributed by atoms with Crippen LogP contribution >= 0.6 is 0 Å². The molecule has 2 rings (SSSR count). The van der Waals surface area contributed by atoms with Crippen molar-refractivity contribution in [3.63, 3.8) is 0 Å². The minimum Gasteiger partial charge on any atom is -0.481 e. The van der Waals surface area contributed by atoms with Gasteiger partial charge >= 0.3 is 5.97 Å². The third-order valence-electron chi connectivity index (χ3n) is 3.39. The average Bonchev–Trinajstić information content (AvgIpc) is 2.73. The summed E-state index contributed by atoms with van der Waals surface area (Å²) < 4.78 is 5.49. The zero-order valence-electron chi connectivity index (χ0n) is 10.6. The average molecular weight is 249 g/mol. The van der Waals surface area contributed by atoms with E-state index < -0.39 is 5.97 Å². The lowest BCUT2D eigenvalue weighted by Gasteiger charge is -2.17. The Bertz CT molecular complexity index is 419. The van der Waals surface area contributed by atoms with E-state index in [0.717, 1.165) is 24.2 Å². The van der Waals surface area contributed by atoms with Crippen LogP contribution in [-0.4, -0.2) is 29.8 Å². The summed E-state index contributed by atoms with van der Waals surface area (Å²) in [6, 6.07) is 8.04. The third-order valence-corrected chi connectivity index (χ3v) is 3.39. The summed E-state index contributed by atoms with van der Waals surface area (Å²) in [6.07, 6.45) is 1.33. The van der Waals surface area contributed by atoms with Gasteiger partial charge in [0, 0.05) is 19.2 Å². The molecule has 1 saturated heterocycles. The van der Waals surface area contributed by atoms with Crippen LogP contribution < -0.4 is 5.32 Å². The van der Waals surface area contributed by atoms with Crippen molar-refractivity contribution in [2.75, 3.05) is 6.61 Å². The molecule has 1 heterocycles. The summed E-state index contributed by atoms with van der Waals surface area (Å²) in [6.45, 7) is 3.56. The Morgan fingerprint density at radius 1 is 1.44 bits per heavy atom. The lowest BCUT2D eigenvalue weighted by molar-refractivity contribution is -0.136. The molecule has 1 aromatic rings. The molecule has 1 aliphatic rings. The lowest BCUT2D eigenvalue weighted by atomic mass is 10.0. The Labute approximate surface area is 107 Å². The fourth-order valence-electron chi connectivity index (χ4n) is 2.31. The minimum atomic E-state index is -0.792. The zero-order valence-corrected chi connectivity index (χ0v) is 10.6. The first-order chi connectivity index (χ1) is 8.66. The summed E-state index contributed by atoms with van der Waals surface area (Å²) >= 11 is 0. The van der Waals surface area contributed by atoms with Gasteiger partial charge in [-0.1, -0.05) is 24.3 Å². The van der Waals surface area contributed by atoms with Gasteiger partial charge in [-0.25, -0.2) is 0 Å². The summed E-state index contributed by atoms with van der Waals surface area (Å²) in [5.74, 6) is -0.792. The van der Waals surface area contributed by atoms with Crippen LogP contribution in [0.4, 0.5) is 0 Å². The van der Waals surface area contributed by atoms with Crippen LogP contribution in [-0.2, 0) is 22.5 Å². The number of nitrogens with one attached hydrogen (secondary N) is 1. The Morgan fingerprint density at radius 3 is 2.78 bits per heavy atom. The zero-order chi connectivity index (χ0) is 13.0. The van der Waals surface area contributed by atoms with Crippen LogP contribution in [0.3, 0.4) is 0 Å². The molecule has 0 bridgehead atoms. The predicted octanol–water partition coefficient (Wildman–Crippen LogP) is 1.58. The molecular weight excluding hydrogens is 230 g/mol. The Morgan fingerprint density at radius 2 is 2.17 bits per heavy atom. The maximum atomic E-state index is 10.8. The van der Waals surface area contributed by atoms with E-state index in [4.69, 9.17) is 9.84 Å². The number of benzene rings is 1. The van der Waals surface area contributed by atoms with Crippen molar-refractivity contribution in [3.8, 4) is 0 Å². The molecule has 0 aromatic heterocycles. The van der Waals surface area contributed by atoms with Gasteiger partial charge < -0.3 is 15.2 Å². The topological polar surface area (TPSA) is 58.6 Å². The standard InChI is InChI=1S/C14H19NO3/c1-10-13(6-7-18-10)15-9-12-5-3-2-4-11(12)8-14(16)17/h2-5,10,13,15H,6-9H2,1H3,(H,16,17). The number of aliphatic carboxylic acids is 1. The number of carboxylic acids is 1. The summed E-state index contributed by atoms with van der Waals surface area (Å²) in [4.78, 5) is 10.8. The Hall–Kier alpha value is -1.39. The van der Waals surface area contributed by atoms with Crippen molar-refractivity contribution >= 4 is 5.97 Å². The van der Waals surface area contributed by atoms with Crippen LogP contribution in [0.25, 0.3) is 0 Å². The maximum Gasteiger partial charge on any atom is 0.307 e. The smallest absolute Gasteiger partial charge is 0.307 e. The number of hydrogen-bond acceptors (Lipinski definition) is 3. The lowest BCUT2D eigenvalue weighted by Crippen LogP contribution is -2.34. The highest BCUT2D eigenvalue weighted by Gasteiger charge is 2.23. The van der Waals surface area contributed by atoms with Gasteiger partial charge in [-0.2, -0.15) is 0 Å². The summed E-state index contributed by atoms with van der Waals surface area (Å²) in [5, 5.41) is 12.3. The van der Waals surface area contributed by atoms with Gasteiger partial charge in [0.05, 0.1) is 12.5 Å². The number of carboxylic acid groups (broad SMARTS) is 1. The molecular formula is C14H19NO3. The minimum absolute atomic E-state index is 0.0779. The van der Waals surface area contributed by atoms with Crippen molar-refractivity contribution < 1.29 is 14.6 Å². The molecule has 4 heteroatoms. The molecule has 0 saturated carbocycles. The molecule has 1 fully saturated rings. The van der Waals surface area contributed by atoms with Gasteiger partial charge in [0.15, 0.2) is 0 Å². The molecule has 2 atom stereocenters. The normalized spacial score (nSPS) is 23.2. The first-order valence-electron chi connectivity index (χ1n) is 6.30. The van der Waals surface area contributed by atoms with E-state index in [-0.39, 0.29) is 12.5 Å². The van der Waals surface area contributed by atoms with Crippen LogP contribution in [0.15, 0.2) is 24.3 Å². The number of rotatable bonds is 5. The van der Waals surface area contributed by atoms with Gasteiger partial charge in [-0.05, 0) is 24.5 Å². The SMILES string of the molecule is CC1OCCC1NCc1ccccc1CC(=O)O. The van der Waals surface area contributed by atoms with E-state index in [1.54, 1.807) is 0 Å². The first kappa shape index (κ1) is 13.1. The highest BCUT2D eigenvalue weighted by Crippen LogP contribution is 2.15. The number of carbonyl (C=O) groups is 1. The largest absolute Gasteiger partial charge is 0.481 e. The molecule has 98 valence electrons. The molecule has 0 aliphatic carbocycles. The molecule has 1 aliphatic heterocycles. The van der Waals surface area contributed by atoms with Gasteiger partial charge in [0.1, 0.15) is 0 Å². The molecule has 0 spiro atoms. The maximum absolute atomic E-state index is 10.8. The van der Waals surface area contributed by atoms with Crippen molar-refractivity contribution in [1.29, 1.82) is 0 Å². The van der Waals surface area contributed by atoms with Crippen molar-refractivity contribution in [2.45, 2.75) is 38.5 Å². The van der Waals surface area contributed by atoms with E-state index in [0.29, 0.717) is 12.6 Å². The number of ether oxygens (including phenoxy) is 1. The van der Waals surface area contributed by atoms with Gasteiger partial charge in [-0.15, -0.1) is 0 Å². The highest BCUT2D eigenvalue weighted by molar-refractivity contribution is 5.70. The second kappa shape index (κ2) is 5.98. The molecule has 18 heavy (non-hydrogen) atoms. The van der Waals surface area contributed by atoms with Crippen LogP contribution in [0, 0.1) is 0 Å². The quantitative estimate of drug-likeness (QED) is 0.832. The second-order valence-electron chi connectivity index (χ2n) is 4.69. The monoisotopic (exact) mass is 249 g/mol. The fourth-order valence-corrected chi connectivity index (χ4v) is 2.31. The Balaban J connectivity index is 1.97. The Kier molecular flexibility index (Phi) is 4.33. The van der Waals surface area contributed by atoms with E-state index >= 15 is 0 Å². The van der Waals surface area contributed by atoms with E-state index in [2.05, 4.69) is 12.2 Å². The third kappa shape index (κ3) is 3.31. The van der Waals surface area contributed by atoms with E-state index in [1.165, 1.54) is 0 Å². The molecule has 1 aromatic carbocycles. The molecule has 0 amide bonds. The van der Waals surface area contributed by atoms with Crippen LogP contribution in [0.5, 0.6) is 0 Å². The summed E-state index contributed by atoms with van der Waals surface area (Å²) in [7, 11) is 0. The van der Waals surface area contributed by atoms with Crippen molar-refractivity contribution in [1.82, 2.24) is 5.32 Å². The second-order valence-corrected chi connectivity index (χ2v) is 4.69. The van der Waals surface area contributed by atoms with Crippen molar-refractivity contribution in [3.05, 3.63) is 35.4 Å². The van der Waals surface area contributed by atoms with Gasteiger partial charge in [-0.3, -0.25) is 4.79 Å². The summed E-state index contributed by atoms with van der Waals surface area (Å²) in [5.41, 5.74) is 1.93. The predicted molar refractivity (Wildman–Crippen MR) is 68.4 cm³/mol. The molecule has 4 nitrogen and oxygen atoms in total. The van der Waals surface area contributed by atoms with E-state index in [9.17, 15) is 4.79 Å². The number of hydrogen-bond donors (Lipinski definition) is 2. The van der Waals surface area contributed by atoms with Gasteiger partial charge in [0.25, 0.3) is 0 Å². The molecule has 2 unspecified atom stereocenters. The van der Waals surface area contributed by atoms with Crippen LogP contribution in [0.1, 0.15) is 24.5 Å². The van der Waals surface area contributed by atoms with Gasteiger partial charge in [0.2, 0.25) is 0 Å². The molecule has 2 N–H and O–H groups in total. The van der Waals surface area contributed by atoms with E-state index in [1.807, 2.05) is 24.3 Å².